The molecular weight excluding hydrogens is 321 g/mol. The van der Waals surface area contributed by atoms with Crippen molar-refractivity contribution in [3.63, 3.8) is 0 Å². The van der Waals surface area contributed by atoms with Gasteiger partial charge in [0.1, 0.15) is 16.4 Å². The average molecular weight is 330 g/mol. The Balaban J connectivity index is 2.41. The molecule has 1 heterocycles. The second kappa shape index (κ2) is 6.14. The Kier molecular flexibility index (Phi) is 4.45. The van der Waals surface area contributed by atoms with Gasteiger partial charge in [-0.2, -0.15) is 13.2 Å². The molecule has 0 bridgehead atoms. The molecule has 0 saturated carbocycles. The fourth-order valence-corrected chi connectivity index (χ4v) is 2.61. The van der Waals surface area contributed by atoms with E-state index >= 15 is 0 Å². The second-order valence-electron chi connectivity index (χ2n) is 4.14. The summed E-state index contributed by atoms with van der Waals surface area (Å²) in [6, 6.07) is 8.10. The third kappa shape index (κ3) is 3.61. The molecule has 0 spiro atoms. The van der Waals surface area contributed by atoms with Crippen molar-refractivity contribution in [1.82, 2.24) is 10.3 Å². The van der Waals surface area contributed by atoms with Crippen LogP contribution in [-0.4, -0.2) is 28.5 Å². The zero-order chi connectivity index (χ0) is 16.3. The minimum atomic E-state index is -4.81. The van der Waals surface area contributed by atoms with Crippen molar-refractivity contribution in [1.29, 1.82) is 0 Å². The van der Waals surface area contributed by atoms with Crippen molar-refractivity contribution in [2.75, 3.05) is 6.54 Å². The first-order valence-corrected chi connectivity index (χ1v) is 6.74. The number of carboxylic acid groups (broad SMARTS) is 1. The van der Waals surface area contributed by atoms with E-state index in [1.54, 1.807) is 30.3 Å². The van der Waals surface area contributed by atoms with Gasteiger partial charge >= 0.3 is 12.1 Å². The van der Waals surface area contributed by atoms with E-state index in [9.17, 15) is 22.8 Å². The quantitative estimate of drug-likeness (QED) is 0.903. The summed E-state index contributed by atoms with van der Waals surface area (Å²) in [5.74, 6) is -2.47. The standard InChI is InChI=1S/C13H9F3N2O3S/c14-13(15,16)10-9(11(21)17-6-8(19)20)22-12(18-10)7-4-2-1-3-5-7/h1-5H,6H2,(H,17,21)(H,19,20). The fraction of sp³-hybridized carbons (Fsp3) is 0.154. The zero-order valence-electron chi connectivity index (χ0n) is 10.8. The van der Waals surface area contributed by atoms with Crippen LogP contribution in [0.3, 0.4) is 0 Å². The highest BCUT2D eigenvalue weighted by molar-refractivity contribution is 7.17. The molecule has 5 nitrogen and oxygen atoms in total. The monoisotopic (exact) mass is 330 g/mol. The number of aromatic nitrogens is 1. The summed E-state index contributed by atoms with van der Waals surface area (Å²) >= 11 is 0.563. The Labute approximate surface area is 126 Å². The predicted molar refractivity (Wildman–Crippen MR) is 72.5 cm³/mol. The Morgan fingerprint density at radius 2 is 1.86 bits per heavy atom. The first-order valence-electron chi connectivity index (χ1n) is 5.92. The van der Waals surface area contributed by atoms with Crippen LogP contribution in [0.25, 0.3) is 10.6 Å². The average Bonchev–Trinajstić information content (AvgIpc) is 2.91. The normalized spacial score (nSPS) is 11.2. The lowest BCUT2D eigenvalue weighted by Crippen LogP contribution is -2.30. The molecule has 0 fully saturated rings. The van der Waals surface area contributed by atoms with E-state index in [2.05, 4.69) is 4.98 Å². The number of thiazole rings is 1. The topological polar surface area (TPSA) is 79.3 Å². The molecular formula is C13H9F3N2O3S. The highest BCUT2D eigenvalue weighted by atomic mass is 32.1. The minimum Gasteiger partial charge on any atom is -0.480 e. The predicted octanol–water partition coefficient (Wildman–Crippen LogP) is 2.64. The molecule has 0 saturated heterocycles. The fourth-order valence-electron chi connectivity index (χ4n) is 1.61. The number of nitrogens with zero attached hydrogens (tertiary/aromatic N) is 1. The number of hydrogen-bond acceptors (Lipinski definition) is 4. The van der Waals surface area contributed by atoms with Gasteiger partial charge in [0.05, 0.1) is 0 Å². The van der Waals surface area contributed by atoms with Gasteiger partial charge in [0, 0.05) is 5.56 Å². The van der Waals surface area contributed by atoms with Crippen LogP contribution in [0.4, 0.5) is 13.2 Å². The molecule has 22 heavy (non-hydrogen) atoms. The highest BCUT2D eigenvalue weighted by Crippen LogP contribution is 2.37. The minimum absolute atomic E-state index is 0.0356. The molecule has 2 rings (SSSR count). The maximum absolute atomic E-state index is 13.0. The lowest BCUT2D eigenvalue weighted by Gasteiger charge is -2.05. The molecule has 0 aliphatic carbocycles. The van der Waals surface area contributed by atoms with Crippen LogP contribution in [0.1, 0.15) is 15.4 Å². The summed E-state index contributed by atoms with van der Waals surface area (Å²) in [6.45, 7) is -0.769. The van der Waals surface area contributed by atoms with Gasteiger partial charge in [0.15, 0.2) is 5.69 Å². The summed E-state index contributed by atoms with van der Waals surface area (Å²) in [5.41, 5.74) is -0.880. The van der Waals surface area contributed by atoms with E-state index in [0.29, 0.717) is 16.9 Å². The number of amides is 1. The van der Waals surface area contributed by atoms with E-state index in [0.717, 1.165) is 0 Å². The molecule has 0 aliphatic rings. The number of carbonyl (C=O) groups is 2. The molecule has 0 radical (unpaired) electrons. The summed E-state index contributed by atoms with van der Waals surface area (Å²) in [6.07, 6.45) is -4.81. The van der Waals surface area contributed by atoms with Gasteiger partial charge in [-0.3, -0.25) is 9.59 Å². The molecule has 116 valence electrons. The van der Waals surface area contributed by atoms with Crippen LogP contribution < -0.4 is 5.32 Å². The SMILES string of the molecule is O=C(O)CNC(=O)c1sc(-c2ccccc2)nc1C(F)(F)F. The van der Waals surface area contributed by atoms with Crippen LogP contribution in [0, 0.1) is 0 Å². The summed E-state index contributed by atoms with van der Waals surface area (Å²) in [7, 11) is 0. The largest absolute Gasteiger partial charge is 0.480 e. The zero-order valence-corrected chi connectivity index (χ0v) is 11.7. The Bertz CT molecular complexity index is 698. The number of hydrogen-bond donors (Lipinski definition) is 2. The summed E-state index contributed by atoms with van der Waals surface area (Å²) < 4.78 is 39.0. The summed E-state index contributed by atoms with van der Waals surface area (Å²) in [5, 5.41) is 10.4. The van der Waals surface area contributed by atoms with Crippen LogP contribution in [0.15, 0.2) is 30.3 Å². The van der Waals surface area contributed by atoms with Crippen LogP contribution >= 0.6 is 11.3 Å². The van der Waals surface area contributed by atoms with Crippen LogP contribution in [0.2, 0.25) is 0 Å². The highest BCUT2D eigenvalue weighted by Gasteiger charge is 2.39. The van der Waals surface area contributed by atoms with E-state index in [-0.39, 0.29) is 5.01 Å². The Morgan fingerprint density at radius 3 is 2.41 bits per heavy atom. The number of aliphatic carboxylic acids is 1. The first kappa shape index (κ1) is 16.0. The van der Waals surface area contributed by atoms with E-state index in [4.69, 9.17) is 5.11 Å². The Hall–Kier alpha value is -2.42. The summed E-state index contributed by atoms with van der Waals surface area (Å²) in [4.78, 5) is 25.0. The van der Waals surface area contributed by atoms with Gasteiger partial charge < -0.3 is 10.4 Å². The van der Waals surface area contributed by atoms with E-state index < -0.39 is 35.2 Å². The molecule has 2 N–H and O–H groups in total. The number of alkyl halides is 3. The number of nitrogens with one attached hydrogen (secondary N) is 1. The molecule has 1 aromatic carbocycles. The van der Waals surface area contributed by atoms with Gasteiger partial charge in [-0.15, -0.1) is 11.3 Å². The Morgan fingerprint density at radius 1 is 1.23 bits per heavy atom. The van der Waals surface area contributed by atoms with E-state index in [1.165, 1.54) is 0 Å². The van der Waals surface area contributed by atoms with Crippen molar-refractivity contribution < 1.29 is 27.9 Å². The maximum Gasteiger partial charge on any atom is 0.435 e. The molecule has 0 atom stereocenters. The molecule has 1 amide bonds. The van der Waals surface area contributed by atoms with Crippen LogP contribution in [0.5, 0.6) is 0 Å². The molecule has 0 aliphatic heterocycles. The van der Waals surface area contributed by atoms with Crippen molar-refractivity contribution in [3.05, 3.63) is 40.9 Å². The van der Waals surface area contributed by atoms with Crippen molar-refractivity contribution in [2.24, 2.45) is 0 Å². The van der Waals surface area contributed by atoms with Crippen molar-refractivity contribution in [3.8, 4) is 10.6 Å². The van der Waals surface area contributed by atoms with Gasteiger partial charge in [-0.05, 0) is 0 Å². The second-order valence-corrected chi connectivity index (χ2v) is 5.14. The third-order valence-corrected chi connectivity index (χ3v) is 3.63. The van der Waals surface area contributed by atoms with Crippen molar-refractivity contribution in [2.45, 2.75) is 6.18 Å². The van der Waals surface area contributed by atoms with Crippen LogP contribution in [-0.2, 0) is 11.0 Å². The molecule has 9 heteroatoms. The first-order chi connectivity index (χ1) is 10.3. The number of carboxylic acids is 1. The third-order valence-electron chi connectivity index (χ3n) is 2.52. The van der Waals surface area contributed by atoms with E-state index in [1.807, 2.05) is 5.32 Å². The van der Waals surface area contributed by atoms with Gasteiger partial charge in [-0.25, -0.2) is 4.98 Å². The number of rotatable bonds is 4. The van der Waals surface area contributed by atoms with Gasteiger partial charge in [-0.1, -0.05) is 30.3 Å². The lowest BCUT2D eigenvalue weighted by atomic mass is 10.2. The molecule has 2 aromatic rings. The lowest BCUT2D eigenvalue weighted by molar-refractivity contribution is -0.141. The maximum atomic E-state index is 13.0. The number of halogens is 3. The molecule has 1 aromatic heterocycles. The van der Waals surface area contributed by atoms with Gasteiger partial charge in [0.25, 0.3) is 5.91 Å². The smallest absolute Gasteiger partial charge is 0.435 e. The van der Waals surface area contributed by atoms with Gasteiger partial charge in [0.2, 0.25) is 0 Å². The number of benzene rings is 1. The molecule has 0 unspecified atom stereocenters. The van der Waals surface area contributed by atoms with Crippen molar-refractivity contribution >= 4 is 23.2 Å². The number of carbonyl (C=O) groups excluding carboxylic acids is 1.